The highest BCUT2D eigenvalue weighted by atomic mass is 19.3. The molecule has 0 radical (unpaired) electrons. The normalized spacial score (nSPS) is 12.6. The molecule has 1 aromatic heterocycles. The van der Waals surface area contributed by atoms with Gasteiger partial charge < -0.3 is 15.8 Å². The van der Waals surface area contributed by atoms with Gasteiger partial charge in [-0.2, -0.15) is 0 Å². The molecular weight excluding hydrogens is 232 g/mol. The minimum atomic E-state index is -2.79. The summed E-state index contributed by atoms with van der Waals surface area (Å²) in [6.45, 7) is 1.57. The Morgan fingerprint density at radius 1 is 1.41 bits per heavy atom. The van der Waals surface area contributed by atoms with E-state index in [1.54, 1.807) is 0 Å². The maximum Gasteiger partial charge on any atom is 0.265 e. The van der Waals surface area contributed by atoms with Gasteiger partial charge in [-0.1, -0.05) is 6.92 Å². The van der Waals surface area contributed by atoms with Crippen molar-refractivity contribution in [3.63, 3.8) is 0 Å². The van der Waals surface area contributed by atoms with Gasteiger partial charge in [0.2, 0.25) is 0 Å². The van der Waals surface area contributed by atoms with E-state index in [0.29, 0.717) is 23.6 Å². The molecule has 0 saturated heterocycles. The van der Waals surface area contributed by atoms with Crippen LogP contribution in [0.15, 0.2) is 6.33 Å². The molecule has 1 atom stereocenters. The maximum atomic E-state index is 12.1. The van der Waals surface area contributed by atoms with Crippen LogP contribution < -0.4 is 16.6 Å². The number of aliphatic hydroxyl groups is 1. The number of hydrazine groups is 1. The molecule has 1 heterocycles. The molecule has 0 aliphatic rings. The summed E-state index contributed by atoms with van der Waals surface area (Å²) in [5, 5.41) is 11.6. The van der Waals surface area contributed by atoms with Gasteiger partial charge in [-0.25, -0.2) is 24.6 Å². The van der Waals surface area contributed by atoms with Gasteiger partial charge in [0, 0.05) is 12.1 Å². The number of alkyl halides is 2. The SMILES string of the molecule is CCc1c(NN)ncnc1NCC(O)C(F)F. The zero-order chi connectivity index (χ0) is 12.8. The number of aromatic nitrogens is 2. The van der Waals surface area contributed by atoms with Gasteiger partial charge in [0.05, 0.1) is 0 Å². The average molecular weight is 247 g/mol. The molecule has 0 amide bonds. The fourth-order valence-electron chi connectivity index (χ4n) is 1.31. The second-order valence-corrected chi connectivity index (χ2v) is 3.33. The molecule has 0 bridgehead atoms. The second kappa shape index (κ2) is 6.26. The predicted molar refractivity (Wildman–Crippen MR) is 59.7 cm³/mol. The molecule has 1 rings (SSSR count). The van der Waals surface area contributed by atoms with E-state index in [9.17, 15) is 8.78 Å². The van der Waals surface area contributed by atoms with Crippen LogP contribution in [0.3, 0.4) is 0 Å². The molecule has 17 heavy (non-hydrogen) atoms. The van der Waals surface area contributed by atoms with Crippen LogP contribution in [0.5, 0.6) is 0 Å². The van der Waals surface area contributed by atoms with Crippen molar-refractivity contribution in [2.24, 2.45) is 5.84 Å². The Morgan fingerprint density at radius 2 is 2.06 bits per heavy atom. The highest BCUT2D eigenvalue weighted by Gasteiger charge is 2.17. The Bertz CT molecular complexity index is 363. The topological polar surface area (TPSA) is 96.1 Å². The summed E-state index contributed by atoms with van der Waals surface area (Å²) in [4.78, 5) is 7.81. The molecule has 1 unspecified atom stereocenters. The standard InChI is InChI=1S/C9H15F2N5O/c1-2-5-8(13-3-6(17)7(10)11)14-4-15-9(5)16-12/h4,6-7,17H,2-3,12H2,1H3,(H2,13,14,15,16). The Labute approximate surface area is 97.2 Å². The number of aliphatic hydroxyl groups excluding tert-OH is 1. The first-order valence-corrected chi connectivity index (χ1v) is 5.10. The van der Waals surface area contributed by atoms with Crippen molar-refractivity contribution >= 4 is 11.6 Å². The zero-order valence-electron chi connectivity index (χ0n) is 9.32. The highest BCUT2D eigenvalue weighted by Crippen LogP contribution is 2.19. The largest absolute Gasteiger partial charge is 0.385 e. The summed E-state index contributed by atoms with van der Waals surface area (Å²) >= 11 is 0. The fourth-order valence-corrected chi connectivity index (χ4v) is 1.31. The summed E-state index contributed by atoms with van der Waals surface area (Å²) in [5.74, 6) is 6.07. The van der Waals surface area contributed by atoms with Crippen LogP contribution in [0.2, 0.25) is 0 Å². The number of nitrogens with zero attached hydrogens (tertiary/aromatic N) is 2. The van der Waals surface area contributed by atoms with Crippen LogP contribution in [0.25, 0.3) is 0 Å². The van der Waals surface area contributed by atoms with Crippen LogP contribution in [0.1, 0.15) is 12.5 Å². The van der Waals surface area contributed by atoms with E-state index in [-0.39, 0.29) is 6.54 Å². The molecule has 0 spiro atoms. The van der Waals surface area contributed by atoms with Crippen molar-refractivity contribution in [1.82, 2.24) is 9.97 Å². The summed E-state index contributed by atoms with van der Waals surface area (Å²) < 4.78 is 24.2. The number of nitrogens with one attached hydrogen (secondary N) is 2. The number of halogens is 2. The van der Waals surface area contributed by atoms with Crippen LogP contribution in [0.4, 0.5) is 20.4 Å². The Kier molecular flexibility index (Phi) is 4.98. The van der Waals surface area contributed by atoms with Gasteiger partial charge in [0.15, 0.2) is 0 Å². The molecule has 0 fully saturated rings. The van der Waals surface area contributed by atoms with Crippen molar-refractivity contribution in [3.8, 4) is 0 Å². The summed E-state index contributed by atoms with van der Waals surface area (Å²) in [6, 6.07) is 0. The molecule has 5 N–H and O–H groups in total. The Balaban J connectivity index is 2.77. The molecular formula is C9H15F2N5O. The van der Waals surface area contributed by atoms with E-state index in [0.717, 1.165) is 0 Å². The molecule has 6 nitrogen and oxygen atoms in total. The third-order valence-electron chi connectivity index (χ3n) is 2.21. The van der Waals surface area contributed by atoms with Gasteiger partial charge >= 0.3 is 0 Å². The number of hydrogen-bond donors (Lipinski definition) is 4. The predicted octanol–water partition coefficient (Wildman–Crippen LogP) is 0.362. The maximum absolute atomic E-state index is 12.1. The molecule has 0 aromatic carbocycles. The summed E-state index contributed by atoms with van der Waals surface area (Å²) in [5.41, 5.74) is 3.07. The van der Waals surface area contributed by atoms with Crippen LogP contribution in [0, 0.1) is 0 Å². The molecule has 0 saturated carbocycles. The van der Waals surface area contributed by atoms with Gasteiger partial charge in [-0.05, 0) is 6.42 Å². The lowest BCUT2D eigenvalue weighted by molar-refractivity contribution is 0.00380. The second-order valence-electron chi connectivity index (χ2n) is 3.33. The van der Waals surface area contributed by atoms with Crippen LogP contribution in [-0.2, 0) is 6.42 Å². The molecule has 0 aliphatic heterocycles. The van der Waals surface area contributed by atoms with Gasteiger partial charge in [0.1, 0.15) is 24.1 Å². The first-order valence-electron chi connectivity index (χ1n) is 5.10. The van der Waals surface area contributed by atoms with E-state index < -0.39 is 12.5 Å². The van der Waals surface area contributed by atoms with E-state index in [2.05, 4.69) is 20.7 Å². The first kappa shape index (κ1) is 13.5. The number of anilines is 2. The van der Waals surface area contributed by atoms with Gasteiger partial charge in [-0.3, -0.25) is 0 Å². The molecule has 96 valence electrons. The number of nitrogen functional groups attached to an aromatic ring is 1. The lowest BCUT2D eigenvalue weighted by atomic mass is 10.2. The van der Waals surface area contributed by atoms with Crippen LogP contribution >= 0.6 is 0 Å². The summed E-state index contributed by atoms with van der Waals surface area (Å²) in [6.07, 6.45) is -2.69. The Morgan fingerprint density at radius 3 is 2.59 bits per heavy atom. The van der Waals surface area contributed by atoms with E-state index >= 15 is 0 Å². The average Bonchev–Trinajstić information content (AvgIpc) is 2.34. The third-order valence-corrected chi connectivity index (χ3v) is 2.21. The minimum Gasteiger partial charge on any atom is -0.385 e. The highest BCUT2D eigenvalue weighted by molar-refractivity contribution is 5.56. The minimum absolute atomic E-state index is 0.286. The number of nitrogens with two attached hydrogens (primary N) is 1. The molecule has 0 aliphatic carbocycles. The van der Waals surface area contributed by atoms with Crippen molar-refractivity contribution in [3.05, 3.63) is 11.9 Å². The van der Waals surface area contributed by atoms with E-state index in [4.69, 9.17) is 10.9 Å². The van der Waals surface area contributed by atoms with Crippen molar-refractivity contribution in [2.75, 3.05) is 17.3 Å². The van der Waals surface area contributed by atoms with Crippen molar-refractivity contribution < 1.29 is 13.9 Å². The third kappa shape index (κ3) is 3.46. The Hall–Kier alpha value is -1.54. The molecule has 1 aromatic rings. The van der Waals surface area contributed by atoms with Gasteiger partial charge in [-0.15, -0.1) is 0 Å². The quantitative estimate of drug-likeness (QED) is 0.428. The summed E-state index contributed by atoms with van der Waals surface area (Å²) in [7, 11) is 0. The monoisotopic (exact) mass is 247 g/mol. The zero-order valence-corrected chi connectivity index (χ0v) is 9.32. The van der Waals surface area contributed by atoms with Crippen molar-refractivity contribution in [2.45, 2.75) is 25.9 Å². The fraction of sp³-hybridized carbons (Fsp3) is 0.556. The van der Waals surface area contributed by atoms with Crippen molar-refractivity contribution in [1.29, 1.82) is 0 Å². The number of hydrogen-bond acceptors (Lipinski definition) is 6. The lowest BCUT2D eigenvalue weighted by Gasteiger charge is -2.15. The first-order chi connectivity index (χ1) is 8.10. The lowest BCUT2D eigenvalue weighted by Crippen LogP contribution is -2.27. The van der Waals surface area contributed by atoms with E-state index in [1.165, 1.54) is 6.33 Å². The smallest absolute Gasteiger partial charge is 0.265 e. The van der Waals surface area contributed by atoms with Crippen LogP contribution in [-0.4, -0.2) is 34.1 Å². The van der Waals surface area contributed by atoms with Gasteiger partial charge in [0.25, 0.3) is 6.43 Å². The molecule has 8 heteroatoms. The van der Waals surface area contributed by atoms with E-state index in [1.807, 2.05) is 6.92 Å². The number of rotatable bonds is 6.